The summed E-state index contributed by atoms with van der Waals surface area (Å²) in [5.74, 6) is -0.703. The average molecular weight is 513 g/mol. The van der Waals surface area contributed by atoms with E-state index in [1.165, 1.54) is 18.2 Å². The number of aromatic nitrogens is 1. The van der Waals surface area contributed by atoms with Crippen LogP contribution in [0.4, 0.5) is 10.1 Å². The molecule has 1 aliphatic rings. The number of Topliss-reactive ketones (excluding diaryl/α,β-unsaturated/α-hetero) is 2. The molecule has 38 heavy (non-hydrogen) atoms. The van der Waals surface area contributed by atoms with Crippen molar-refractivity contribution in [2.45, 2.75) is 25.7 Å². The largest absolute Gasteiger partial charge is 0.478 e. The molecule has 1 fully saturated rings. The van der Waals surface area contributed by atoms with Crippen molar-refractivity contribution in [1.29, 1.82) is 0 Å². The lowest BCUT2D eigenvalue weighted by molar-refractivity contribution is -0.133. The Balaban J connectivity index is 1.28. The second-order valence-electron chi connectivity index (χ2n) is 9.43. The van der Waals surface area contributed by atoms with Crippen LogP contribution in [0.3, 0.4) is 0 Å². The molecule has 0 amide bonds. The minimum absolute atomic E-state index is 0.106. The molecule has 5 rings (SSSR count). The molecular formula is C30H25FN2O5. The lowest BCUT2D eigenvalue weighted by Crippen LogP contribution is -2.28. The number of nitrogens with zero attached hydrogens (tertiary/aromatic N) is 1. The smallest absolute Gasteiger partial charge is 0.337 e. The third-order valence-electron chi connectivity index (χ3n) is 6.95. The van der Waals surface area contributed by atoms with Gasteiger partial charge in [0.25, 0.3) is 0 Å². The standard InChI is InChI=1S/C30H25FN2O5/c1-32-24-17-25-22(16-23(24)29(36)37)26(10-13-33-25)38-21-8-4-19(5-9-21)15-28(35)30(11-12-30)27(34)14-18-2-6-20(31)7-3-18/h2-10,13,16-17,32H,11-12,14-15H2,1H3,(H,36,37). The van der Waals surface area contributed by atoms with Gasteiger partial charge in [-0.15, -0.1) is 0 Å². The Labute approximate surface area is 218 Å². The van der Waals surface area contributed by atoms with Crippen molar-refractivity contribution in [3.8, 4) is 11.5 Å². The fourth-order valence-electron chi connectivity index (χ4n) is 4.59. The number of ketones is 2. The van der Waals surface area contributed by atoms with E-state index in [1.807, 2.05) is 0 Å². The average Bonchev–Trinajstić information content (AvgIpc) is 3.73. The second-order valence-corrected chi connectivity index (χ2v) is 9.43. The van der Waals surface area contributed by atoms with Gasteiger partial charge in [-0.3, -0.25) is 14.6 Å². The van der Waals surface area contributed by atoms with Gasteiger partial charge in [-0.2, -0.15) is 0 Å². The molecule has 1 saturated carbocycles. The number of carbonyl (C=O) groups is 3. The van der Waals surface area contributed by atoms with E-state index in [1.54, 1.807) is 61.8 Å². The van der Waals surface area contributed by atoms with E-state index in [0.29, 0.717) is 46.5 Å². The number of hydrogen-bond acceptors (Lipinski definition) is 6. The summed E-state index contributed by atoms with van der Waals surface area (Å²) in [6, 6.07) is 17.6. The third kappa shape index (κ3) is 4.98. The van der Waals surface area contributed by atoms with E-state index < -0.39 is 11.4 Å². The summed E-state index contributed by atoms with van der Waals surface area (Å²) in [6.45, 7) is 0. The predicted octanol–water partition coefficient (Wildman–Crippen LogP) is 5.61. The van der Waals surface area contributed by atoms with Crippen LogP contribution in [0.1, 0.15) is 34.3 Å². The Bertz CT molecular complexity index is 1540. The minimum Gasteiger partial charge on any atom is -0.478 e. The van der Waals surface area contributed by atoms with Gasteiger partial charge in [0, 0.05) is 31.5 Å². The lowest BCUT2D eigenvalue weighted by atomic mass is 9.88. The highest BCUT2D eigenvalue weighted by molar-refractivity contribution is 6.11. The fourth-order valence-corrected chi connectivity index (χ4v) is 4.59. The molecule has 4 aromatic rings. The summed E-state index contributed by atoms with van der Waals surface area (Å²) in [5, 5.41) is 13.0. The number of ether oxygens (including phenoxy) is 1. The summed E-state index contributed by atoms with van der Waals surface area (Å²) >= 11 is 0. The van der Waals surface area contributed by atoms with Gasteiger partial charge in [0.05, 0.1) is 22.2 Å². The maximum absolute atomic E-state index is 13.2. The quantitative estimate of drug-likeness (QED) is 0.266. The van der Waals surface area contributed by atoms with E-state index in [2.05, 4.69) is 10.3 Å². The number of nitrogens with one attached hydrogen (secondary N) is 1. The molecule has 3 aromatic carbocycles. The van der Waals surface area contributed by atoms with Crippen molar-refractivity contribution < 1.29 is 28.6 Å². The number of hydrogen-bond donors (Lipinski definition) is 2. The van der Waals surface area contributed by atoms with E-state index in [4.69, 9.17) is 4.74 Å². The molecule has 0 bridgehead atoms. The first-order valence-corrected chi connectivity index (χ1v) is 12.2. The molecule has 1 aromatic heterocycles. The molecule has 192 valence electrons. The van der Waals surface area contributed by atoms with E-state index in [-0.39, 0.29) is 35.8 Å². The van der Waals surface area contributed by atoms with Crippen LogP contribution in [-0.4, -0.2) is 34.7 Å². The van der Waals surface area contributed by atoms with Crippen molar-refractivity contribution in [2.24, 2.45) is 5.41 Å². The van der Waals surface area contributed by atoms with Gasteiger partial charge >= 0.3 is 5.97 Å². The van der Waals surface area contributed by atoms with Crippen molar-refractivity contribution in [1.82, 2.24) is 4.98 Å². The summed E-state index contributed by atoms with van der Waals surface area (Å²) in [4.78, 5) is 42.0. The van der Waals surface area contributed by atoms with Crippen molar-refractivity contribution in [3.05, 3.63) is 95.4 Å². The molecule has 8 heteroatoms. The van der Waals surface area contributed by atoms with Crippen molar-refractivity contribution >= 4 is 34.1 Å². The number of pyridine rings is 1. The molecule has 7 nitrogen and oxygen atoms in total. The molecule has 0 unspecified atom stereocenters. The molecule has 0 aliphatic heterocycles. The summed E-state index contributed by atoms with van der Waals surface area (Å²) in [5.41, 5.74) is 1.64. The first-order chi connectivity index (χ1) is 18.3. The maximum atomic E-state index is 13.2. The highest BCUT2D eigenvalue weighted by Crippen LogP contribution is 2.48. The Morgan fingerprint density at radius 2 is 1.55 bits per heavy atom. The van der Waals surface area contributed by atoms with Crippen molar-refractivity contribution in [2.75, 3.05) is 12.4 Å². The number of fused-ring (bicyclic) bond motifs is 1. The fraction of sp³-hybridized carbons (Fsp3) is 0.200. The topological polar surface area (TPSA) is 106 Å². The van der Waals surface area contributed by atoms with Gasteiger partial charge in [-0.1, -0.05) is 24.3 Å². The van der Waals surface area contributed by atoms with Crippen LogP contribution >= 0.6 is 0 Å². The molecule has 0 saturated heterocycles. The van der Waals surface area contributed by atoms with Crippen LogP contribution in [0, 0.1) is 11.2 Å². The molecule has 0 atom stereocenters. The number of carboxylic acids is 1. The number of anilines is 1. The molecule has 0 radical (unpaired) electrons. The van der Waals surface area contributed by atoms with Crippen LogP contribution in [-0.2, 0) is 22.4 Å². The predicted molar refractivity (Wildman–Crippen MR) is 140 cm³/mol. The van der Waals surface area contributed by atoms with Crippen LogP contribution in [0.25, 0.3) is 10.9 Å². The van der Waals surface area contributed by atoms with E-state index in [0.717, 1.165) is 5.56 Å². The number of halogens is 1. The normalized spacial score (nSPS) is 13.6. The van der Waals surface area contributed by atoms with Gasteiger partial charge in [0.2, 0.25) is 0 Å². The maximum Gasteiger partial charge on any atom is 0.337 e. The Kier molecular flexibility index (Phi) is 6.63. The minimum atomic E-state index is -1.07. The molecule has 0 spiro atoms. The Hall–Kier alpha value is -4.59. The first-order valence-electron chi connectivity index (χ1n) is 12.2. The monoisotopic (exact) mass is 512 g/mol. The molecular weight excluding hydrogens is 487 g/mol. The van der Waals surface area contributed by atoms with Crippen LogP contribution in [0.5, 0.6) is 11.5 Å². The molecule has 1 heterocycles. The second kappa shape index (κ2) is 10.0. The Morgan fingerprint density at radius 3 is 2.11 bits per heavy atom. The van der Waals surface area contributed by atoms with Gasteiger partial charge in [-0.05, 0) is 66.4 Å². The number of aromatic carboxylic acids is 1. The number of benzene rings is 3. The summed E-state index contributed by atoms with van der Waals surface area (Å²) < 4.78 is 19.2. The Morgan fingerprint density at radius 1 is 0.947 bits per heavy atom. The van der Waals surface area contributed by atoms with Crippen LogP contribution in [0.15, 0.2) is 72.9 Å². The zero-order chi connectivity index (χ0) is 26.9. The lowest BCUT2D eigenvalue weighted by Gasteiger charge is -2.14. The molecule has 2 N–H and O–H groups in total. The van der Waals surface area contributed by atoms with Gasteiger partial charge in [0.1, 0.15) is 17.3 Å². The number of carbonyl (C=O) groups excluding carboxylic acids is 2. The van der Waals surface area contributed by atoms with Crippen molar-refractivity contribution in [3.63, 3.8) is 0 Å². The number of rotatable bonds is 10. The van der Waals surface area contributed by atoms with Crippen LogP contribution < -0.4 is 10.1 Å². The third-order valence-corrected chi connectivity index (χ3v) is 6.95. The molecule has 1 aliphatic carbocycles. The van der Waals surface area contributed by atoms with Gasteiger partial charge < -0.3 is 15.2 Å². The summed E-state index contributed by atoms with van der Waals surface area (Å²) in [7, 11) is 1.65. The van der Waals surface area contributed by atoms with E-state index >= 15 is 0 Å². The highest BCUT2D eigenvalue weighted by atomic mass is 19.1. The zero-order valence-corrected chi connectivity index (χ0v) is 20.7. The summed E-state index contributed by atoms with van der Waals surface area (Å²) in [6.07, 6.45) is 2.90. The first kappa shape index (κ1) is 25.1. The van der Waals surface area contributed by atoms with E-state index in [9.17, 15) is 23.9 Å². The number of carboxylic acid groups (broad SMARTS) is 1. The highest BCUT2D eigenvalue weighted by Gasteiger charge is 2.54. The van der Waals surface area contributed by atoms with Crippen LogP contribution in [0.2, 0.25) is 0 Å². The van der Waals surface area contributed by atoms with Gasteiger partial charge in [-0.25, -0.2) is 9.18 Å². The zero-order valence-electron chi connectivity index (χ0n) is 20.7. The SMILES string of the molecule is CNc1cc2nccc(Oc3ccc(CC(=O)C4(C(=O)Cc5ccc(F)cc5)CC4)cc3)c2cc1C(=O)O. The van der Waals surface area contributed by atoms with Gasteiger partial charge in [0.15, 0.2) is 11.6 Å².